The molecule has 0 bridgehead atoms. The van der Waals surface area contributed by atoms with Crippen LogP contribution in [0.3, 0.4) is 0 Å². The topological polar surface area (TPSA) is 41.9 Å². The van der Waals surface area contributed by atoms with Crippen molar-refractivity contribution in [3.63, 3.8) is 0 Å². The highest BCUT2D eigenvalue weighted by atomic mass is 16.5. The summed E-state index contributed by atoms with van der Waals surface area (Å²) in [6.45, 7) is 4.92. The molecule has 1 N–H and O–H groups in total. The van der Waals surface area contributed by atoms with Crippen molar-refractivity contribution in [2.24, 2.45) is 0 Å². The Balaban J connectivity index is 1.69. The van der Waals surface area contributed by atoms with Crippen LogP contribution in [0.4, 0.5) is 0 Å². The van der Waals surface area contributed by atoms with E-state index in [2.05, 4.69) is 11.8 Å². The first-order valence-corrected chi connectivity index (χ1v) is 7.82. The van der Waals surface area contributed by atoms with Gasteiger partial charge in [-0.3, -0.25) is 4.90 Å². The van der Waals surface area contributed by atoms with Crippen LogP contribution in [-0.2, 0) is 11.3 Å². The number of nitrogens with zero attached hydrogens (tertiary/aromatic N) is 1. The Kier molecular flexibility index (Phi) is 6.49. The molecule has 0 radical (unpaired) electrons. The Labute approximate surface area is 127 Å². The van der Waals surface area contributed by atoms with Crippen LogP contribution in [0, 0.1) is 0 Å². The molecule has 0 aliphatic carbocycles. The van der Waals surface area contributed by atoms with Gasteiger partial charge in [0, 0.05) is 12.6 Å². The monoisotopic (exact) mass is 293 g/mol. The molecular weight excluding hydrogens is 266 g/mol. The minimum Gasteiger partial charge on any atom is -0.497 e. The Morgan fingerprint density at radius 2 is 2.24 bits per heavy atom. The van der Waals surface area contributed by atoms with E-state index < -0.39 is 6.10 Å². The number of ether oxygens (including phenoxy) is 2. The van der Waals surface area contributed by atoms with E-state index in [0.717, 1.165) is 17.9 Å². The summed E-state index contributed by atoms with van der Waals surface area (Å²) in [6, 6.07) is 8.40. The lowest BCUT2D eigenvalue weighted by Gasteiger charge is -2.34. The van der Waals surface area contributed by atoms with Gasteiger partial charge >= 0.3 is 0 Å². The fourth-order valence-corrected chi connectivity index (χ4v) is 2.83. The van der Waals surface area contributed by atoms with Gasteiger partial charge in [-0.15, -0.1) is 0 Å². The molecule has 1 aliphatic heterocycles. The predicted molar refractivity (Wildman–Crippen MR) is 83.5 cm³/mol. The van der Waals surface area contributed by atoms with Gasteiger partial charge < -0.3 is 14.6 Å². The zero-order valence-corrected chi connectivity index (χ0v) is 13.1. The number of aliphatic hydroxyl groups excluding tert-OH is 1. The molecule has 1 fully saturated rings. The van der Waals surface area contributed by atoms with Crippen LogP contribution in [0.1, 0.15) is 31.7 Å². The molecule has 0 saturated carbocycles. The number of methoxy groups -OCH3 is 1. The number of aliphatic hydroxyl groups is 1. The van der Waals surface area contributed by atoms with E-state index in [4.69, 9.17) is 9.47 Å². The van der Waals surface area contributed by atoms with E-state index in [1.807, 2.05) is 24.3 Å². The second kappa shape index (κ2) is 8.37. The van der Waals surface area contributed by atoms with Gasteiger partial charge in [-0.2, -0.15) is 0 Å². The highest BCUT2D eigenvalue weighted by Crippen LogP contribution is 2.17. The first-order chi connectivity index (χ1) is 10.2. The maximum Gasteiger partial charge on any atom is 0.119 e. The average molecular weight is 293 g/mol. The molecule has 2 rings (SSSR count). The maximum atomic E-state index is 10.1. The number of piperidine rings is 1. The quantitative estimate of drug-likeness (QED) is 0.838. The molecule has 0 aromatic heterocycles. The van der Waals surface area contributed by atoms with Crippen molar-refractivity contribution in [3.8, 4) is 5.75 Å². The third-order valence-corrected chi connectivity index (χ3v) is 4.10. The van der Waals surface area contributed by atoms with Crippen LogP contribution in [0.2, 0.25) is 0 Å². The van der Waals surface area contributed by atoms with E-state index in [-0.39, 0.29) is 0 Å². The molecule has 118 valence electrons. The zero-order chi connectivity index (χ0) is 15.1. The number of benzene rings is 1. The minimum absolute atomic E-state index is 0.375. The number of hydrogen-bond acceptors (Lipinski definition) is 4. The van der Waals surface area contributed by atoms with Crippen molar-refractivity contribution in [1.29, 1.82) is 0 Å². The van der Waals surface area contributed by atoms with E-state index in [1.165, 1.54) is 19.3 Å². The summed E-state index contributed by atoms with van der Waals surface area (Å²) in [4.78, 5) is 2.36. The molecule has 4 nitrogen and oxygen atoms in total. The largest absolute Gasteiger partial charge is 0.497 e. The van der Waals surface area contributed by atoms with E-state index in [1.54, 1.807) is 7.11 Å². The number of likely N-dealkylation sites (tertiary alicyclic amines) is 1. The second-order valence-corrected chi connectivity index (χ2v) is 5.86. The van der Waals surface area contributed by atoms with E-state index in [0.29, 0.717) is 25.8 Å². The summed E-state index contributed by atoms with van der Waals surface area (Å²) in [5.74, 6) is 0.832. The van der Waals surface area contributed by atoms with Crippen molar-refractivity contribution in [2.75, 3.05) is 26.8 Å². The summed E-state index contributed by atoms with van der Waals surface area (Å²) >= 11 is 0. The molecule has 1 aromatic carbocycles. The number of β-amino-alcohol motifs (C(OH)–C–C–N with tert-alkyl or cyclic N) is 1. The molecular formula is C17H27NO3. The highest BCUT2D eigenvalue weighted by molar-refractivity contribution is 5.27. The first-order valence-electron chi connectivity index (χ1n) is 7.82. The number of rotatable bonds is 7. The lowest BCUT2D eigenvalue weighted by molar-refractivity contribution is -0.00141. The van der Waals surface area contributed by atoms with Crippen molar-refractivity contribution < 1.29 is 14.6 Å². The molecule has 4 heteroatoms. The molecule has 1 saturated heterocycles. The molecule has 1 aromatic rings. The molecule has 1 heterocycles. The molecule has 21 heavy (non-hydrogen) atoms. The van der Waals surface area contributed by atoms with Gasteiger partial charge in [0.1, 0.15) is 5.75 Å². The minimum atomic E-state index is -0.420. The van der Waals surface area contributed by atoms with Crippen LogP contribution < -0.4 is 4.74 Å². The van der Waals surface area contributed by atoms with Gasteiger partial charge in [-0.1, -0.05) is 18.6 Å². The van der Waals surface area contributed by atoms with Gasteiger partial charge in [0.25, 0.3) is 0 Å². The van der Waals surface area contributed by atoms with Crippen LogP contribution in [0.15, 0.2) is 24.3 Å². The maximum absolute atomic E-state index is 10.1. The third-order valence-electron chi connectivity index (χ3n) is 4.10. The summed E-state index contributed by atoms with van der Waals surface area (Å²) in [6.07, 6.45) is 3.36. The first kappa shape index (κ1) is 16.3. The van der Waals surface area contributed by atoms with Crippen molar-refractivity contribution in [3.05, 3.63) is 29.8 Å². The molecule has 0 amide bonds. The third kappa shape index (κ3) is 5.30. The Morgan fingerprint density at radius 3 is 3.00 bits per heavy atom. The van der Waals surface area contributed by atoms with Crippen molar-refractivity contribution >= 4 is 0 Å². The second-order valence-electron chi connectivity index (χ2n) is 5.86. The number of hydrogen-bond donors (Lipinski definition) is 1. The lowest BCUT2D eigenvalue weighted by Crippen LogP contribution is -2.43. The fourth-order valence-electron chi connectivity index (χ4n) is 2.83. The highest BCUT2D eigenvalue weighted by Gasteiger charge is 2.20. The van der Waals surface area contributed by atoms with Crippen LogP contribution in [0.25, 0.3) is 0 Å². The standard InChI is InChI=1S/C17H27NO3/c1-14-6-3-4-9-18(14)11-16(19)13-21-12-15-7-5-8-17(10-15)20-2/h5,7-8,10,14,16,19H,3-4,6,9,11-13H2,1-2H3. The van der Waals surface area contributed by atoms with Crippen LogP contribution in [-0.4, -0.2) is 49.0 Å². The average Bonchev–Trinajstić information content (AvgIpc) is 2.50. The van der Waals surface area contributed by atoms with Gasteiger partial charge in [0.15, 0.2) is 0 Å². The lowest BCUT2D eigenvalue weighted by atomic mass is 10.0. The van der Waals surface area contributed by atoms with Gasteiger partial charge in [-0.25, -0.2) is 0 Å². The summed E-state index contributed by atoms with van der Waals surface area (Å²) < 4.78 is 10.8. The van der Waals surface area contributed by atoms with Crippen molar-refractivity contribution in [2.45, 2.75) is 44.9 Å². The van der Waals surface area contributed by atoms with E-state index in [9.17, 15) is 5.11 Å². The Morgan fingerprint density at radius 1 is 1.38 bits per heavy atom. The molecule has 1 aliphatic rings. The zero-order valence-electron chi connectivity index (χ0n) is 13.1. The fraction of sp³-hybridized carbons (Fsp3) is 0.647. The predicted octanol–water partition coefficient (Wildman–Crippen LogP) is 2.45. The Bertz CT molecular complexity index is 424. The van der Waals surface area contributed by atoms with Gasteiger partial charge in [0.05, 0.1) is 26.4 Å². The normalized spacial score (nSPS) is 21.2. The molecule has 0 spiro atoms. The SMILES string of the molecule is COc1cccc(COCC(O)CN2CCCCC2C)c1. The summed E-state index contributed by atoms with van der Waals surface area (Å²) in [7, 11) is 1.66. The smallest absolute Gasteiger partial charge is 0.119 e. The van der Waals surface area contributed by atoms with E-state index >= 15 is 0 Å². The van der Waals surface area contributed by atoms with Gasteiger partial charge in [-0.05, 0) is 44.0 Å². The summed E-state index contributed by atoms with van der Waals surface area (Å²) in [5.41, 5.74) is 1.06. The molecule has 2 unspecified atom stereocenters. The van der Waals surface area contributed by atoms with Crippen LogP contribution >= 0.6 is 0 Å². The van der Waals surface area contributed by atoms with Crippen LogP contribution in [0.5, 0.6) is 5.75 Å². The summed E-state index contributed by atoms with van der Waals surface area (Å²) in [5, 5.41) is 10.1. The Hall–Kier alpha value is -1.10. The molecule has 2 atom stereocenters. The van der Waals surface area contributed by atoms with Crippen molar-refractivity contribution in [1.82, 2.24) is 4.90 Å². The van der Waals surface area contributed by atoms with Gasteiger partial charge in [0.2, 0.25) is 0 Å².